The summed E-state index contributed by atoms with van der Waals surface area (Å²) in [6, 6.07) is 8.20. The lowest BCUT2D eigenvalue weighted by atomic mass is 10.3. The average molecular weight is 331 g/mol. The molecule has 0 atom stereocenters. The van der Waals surface area contributed by atoms with E-state index in [2.05, 4.69) is 38.3 Å². The molecule has 0 aliphatic rings. The Morgan fingerprint density at radius 1 is 1.11 bits per heavy atom. The number of methoxy groups -OCH3 is 2. The van der Waals surface area contributed by atoms with Gasteiger partial charge in [0.1, 0.15) is 0 Å². The van der Waals surface area contributed by atoms with Crippen molar-refractivity contribution in [2.75, 3.05) is 58.9 Å². The molecule has 1 aromatic rings. The number of ether oxygens (including phenoxy) is 2. The number of hydrogen-bond acceptors (Lipinski definition) is 4. The molecule has 0 saturated heterocycles. The fraction of sp³-hybridized carbons (Fsp3) is 0.571. The zero-order valence-corrected chi connectivity index (χ0v) is 13.3. The molecule has 0 heterocycles. The third kappa shape index (κ3) is 7.52. The van der Waals surface area contributed by atoms with E-state index in [0.29, 0.717) is 0 Å². The number of hydrogen-bond donors (Lipinski definition) is 1. The molecule has 0 aliphatic carbocycles. The number of rotatable bonds is 10. The highest BCUT2D eigenvalue weighted by Crippen LogP contribution is 2.15. The Morgan fingerprint density at radius 2 is 1.79 bits per heavy atom. The molecule has 5 heteroatoms. The van der Waals surface area contributed by atoms with E-state index in [9.17, 15) is 0 Å². The van der Waals surface area contributed by atoms with Gasteiger partial charge in [-0.05, 0) is 18.2 Å². The normalized spacial score (nSPS) is 10.9. The third-order valence-electron chi connectivity index (χ3n) is 2.81. The van der Waals surface area contributed by atoms with Crippen LogP contribution in [-0.2, 0) is 9.47 Å². The molecule has 0 aliphatic heterocycles. The van der Waals surface area contributed by atoms with E-state index in [1.165, 1.54) is 0 Å². The molecule has 0 radical (unpaired) electrons. The molecular formula is C14H23BrN2O2. The second-order valence-electron chi connectivity index (χ2n) is 4.26. The second-order valence-corrected chi connectivity index (χ2v) is 5.18. The van der Waals surface area contributed by atoms with Crippen molar-refractivity contribution in [1.29, 1.82) is 0 Å². The quantitative estimate of drug-likeness (QED) is 0.714. The molecule has 108 valence electrons. The highest BCUT2D eigenvalue weighted by atomic mass is 79.9. The minimum Gasteiger partial charge on any atom is -0.384 e. The summed E-state index contributed by atoms with van der Waals surface area (Å²) in [7, 11) is 3.46. The van der Waals surface area contributed by atoms with Crippen LogP contribution < -0.4 is 5.32 Å². The van der Waals surface area contributed by atoms with Gasteiger partial charge in [0, 0.05) is 50.6 Å². The fourth-order valence-corrected chi connectivity index (χ4v) is 2.13. The number of nitrogens with one attached hydrogen (secondary N) is 1. The first-order valence-electron chi connectivity index (χ1n) is 6.46. The van der Waals surface area contributed by atoms with E-state index < -0.39 is 0 Å². The van der Waals surface area contributed by atoms with Crippen LogP contribution in [0.25, 0.3) is 0 Å². The molecule has 0 amide bonds. The molecular weight excluding hydrogens is 308 g/mol. The third-order valence-corrected chi connectivity index (χ3v) is 3.30. The van der Waals surface area contributed by atoms with Crippen LogP contribution in [0.2, 0.25) is 0 Å². The fourth-order valence-electron chi connectivity index (χ4n) is 1.73. The largest absolute Gasteiger partial charge is 0.384 e. The van der Waals surface area contributed by atoms with Crippen LogP contribution in [0.5, 0.6) is 0 Å². The summed E-state index contributed by atoms with van der Waals surface area (Å²) in [6.45, 7) is 5.24. The topological polar surface area (TPSA) is 33.7 Å². The van der Waals surface area contributed by atoms with Gasteiger partial charge in [-0.3, -0.25) is 4.90 Å². The molecule has 0 bridgehead atoms. The van der Waals surface area contributed by atoms with Gasteiger partial charge in [0.05, 0.1) is 13.2 Å². The first kappa shape index (κ1) is 16.4. The second kappa shape index (κ2) is 10.2. The number of halogens is 1. The highest BCUT2D eigenvalue weighted by Gasteiger charge is 2.04. The molecule has 1 N–H and O–H groups in total. The van der Waals surface area contributed by atoms with Gasteiger partial charge in [-0.2, -0.15) is 0 Å². The lowest BCUT2D eigenvalue weighted by Crippen LogP contribution is -2.34. The van der Waals surface area contributed by atoms with Crippen molar-refractivity contribution >= 4 is 21.6 Å². The summed E-state index contributed by atoms with van der Waals surface area (Å²) in [5, 5.41) is 3.42. The minimum absolute atomic E-state index is 0.751. The molecule has 0 unspecified atom stereocenters. The van der Waals surface area contributed by atoms with Gasteiger partial charge < -0.3 is 14.8 Å². The maximum atomic E-state index is 5.12. The zero-order chi connectivity index (χ0) is 13.9. The van der Waals surface area contributed by atoms with Crippen LogP contribution in [0, 0.1) is 0 Å². The Bertz CT molecular complexity index is 342. The molecule has 4 nitrogen and oxygen atoms in total. The Kier molecular flexibility index (Phi) is 8.82. The molecule has 1 aromatic carbocycles. The van der Waals surface area contributed by atoms with Crippen LogP contribution in [-0.4, -0.2) is 58.5 Å². The predicted octanol–water partition coefficient (Wildman–Crippen LogP) is 2.46. The summed E-state index contributed by atoms with van der Waals surface area (Å²) in [4.78, 5) is 2.33. The smallest absolute Gasteiger partial charge is 0.0589 e. The lowest BCUT2D eigenvalue weighted by Gasteiger charge is -2.22. The van der Waals surface area contributed by atoms with Crippen LogP contribution in [0.15, 0.2) is 28.7 Å². The highest BCUT2D eigenvalue weighted by molar-refractivity contribution is 9.10. The number of anilines is 1. The molecule has 0 fully saturated rings. The summed E-state index contributed by atoms with van der Waals surface area (Å²) in [5.74, 6) is 0. The Hall–Kier alpha value is -0.620. The maximum Gasteiger partial charge on any atom is 0.0589 e. The van der Waals surface area contributed by atoms with Gasteiger partial charge in [0.25, 0.3) is 0 Å². The van der Waals surface area contributed by atoms with Crippen molar-refractivity contribution in [3.8, 4) is 0 Å². The monoisotopic (exact) mass is 330 g/mol. The van der Waals surface area contributed by atoms with E-state index in [1.54, 1.807) is 14.2 Å². The summed E-state index contributed by atoms with van der Waals surface area (Å²) in [5.41, 5.74) is 1.13. The van der Waals surface area contributed by atoms with E-state index in [0.717, 1.165) is 49.6 Å². The van der Waals surface area contributed by atoms with Gasteiger partial charge >= 0.3 is 0 Å². The zero-order valence-electron chi connectivity index (χ0n) is 11.7. The van der Waals surface area contributed by atoms with E-state index >= 15 is 0 Å². The Morgan fingerprint density at radius 3 is 2.37 bits per heavy atom. The molecule has 19 heavy (non-hydrogen) atoms. The van der Waals surface area contributed by atoms with Crippen LogP contribution in [0.4, 0.5) is 5.69 Å². The molecule has 0 saturated carbocycles. The first-order chi connectivity index (χ1) is 9.26. The van der Waals surface area contributed by atoms with E-state index in [-0.39, 0.29) is 0 Å². The lowest BCUT2D eigenvalue weighted by molar-refractivity contribution is 0.116. The molecule has 1 rings (SSSR count). The van der Waals surface area contributed by atoms with Crippen molar-refractivity contribution in [3.63, 3.8) is 0 Å². The van der Waals surface area contributed by atoms with Gasteiger partial charge in [-0.25, -0.2) is 0 Å². The Balaban J connectivity index is 2.29. The van der Waals surface area contributed by atoms with Crippen LogP contribution in [0.1, 0.15) is 0 Å². The SMILES string of the molecule is COCCN(CCNc1cccc(Br)c1)CCOC. The first-order valence-corrected chi connectivity index (χ1v) is 7.25. The van der Waals surface area contributed by atoms with Crippen molar-refractivity contribution in [2.24, 2.45) is 0 Å². The molecule has 0 spiro atoms. The van der Waals surface area contributed by atoms with Crippen LogP contribution >= 0.6 is 15.9 Å². The van der Waals surface area contributed by atoms with E-state index in [1.807, 2.05) is 12.1 Å². The van der Waals surface area contributed by atoms with Crippen molar-refractivity contribution in [3.05, 3.63) is 28.7 Å². The van der Waals surface area contributed by atoms with Crippen molar-refractivity contribution < 1.29 is 9.47 Å². The van der Waals surface area contributed by atoms with Crippen molar-refractivity contribution in [2.45, 2.75) is 0 Å². The van der Waals surface area contributed by atoms with Crippen molar-refractivity contribution in [1.82, 2.24) is 4.90 Å². The average Bonchev–Trinajstić information content (AvgIpc) is 2.41. The Labute approximate surface area is 124 Å². The van der Waals surface area contributed by atoms with Gasteiger partial charge in [-0.1, -0.05) is 22.0 Å². The van der Waals surface area contributed by atoms with Gasteiger partial charge in [0.15, 0.2) is 0 Å². The summed E-state index contributed by atoms with van der Waals surface area (Å²) < 4.78 is 11.3. The minimum atomic E-state index is 0.751. The summed E-state index contributed by atoms with van der Waals surface area (Å²) in [6.07, 6.45) is 0. The number of nitrogens with zero attached hydrogens (tertiary/aromatic N) is 1. The molecule has 0 aromatic heterocycles. The number of benzene rings is 1. The van der Waals surface area contributed by atoms with Gasteiger partial charge in [0.2, 0.25) is 0 Å². The standard InChI is InChI=1S/C14H23BrN2O2/c1-18-10-8-17(9-11-19-2)7-6-16-14-5-3-4-13(15)12-14/h3-5,12,16H,6-11H2,1-2H3. The van der Waals surface area contributed by atoms with Crippen LogP contribution in [0.3, 0.4) is 0 Å². The summed E-state index contributed by atoms with van der Waals surface area (Å²) >= 11 is 3.47. The van der Waals surface area contributed by atoms with Gasteiger partial charge in [-0.15, -0.1) is 0 Å². The predicted molar refractivity (Wildman–Crippen MR) is 82.8 cm³/mol. The van der Waals surface area contributed by atoms with E-state index in [4.69, 9.17) is 9.47 Å². The maximum absolute atomic E-state index is 5.12.